The summed E-state index contributed by atoms with van der Waals surface area (Å²) in [7, 11) is 0. The molecule has 0 aromatic heterocycles. The van der Waals surface area contributed by atoms with Gasteiger partial charge in [-0.2, -0.15) is 0 Å². The highest BCUT2D eigenvalue weighted by molar-refractivity contribution is 5.36. The molecule has 8 rings (SSSR count). The van der Waals surface area contributed by atoms with Gasteiger partial charge in [0, 0.05) is 10.8 Å². The molecular weight excluding hydrogens is 1000 g/mol. The van der Waals surface area contributed by atoms with Gasteiger partial charge in [0.1, 0.15) is 91.6 Å². The number of hydrogen-bond acceptors (Lipinski definition) is 23. The number of hydrogen-bond donors (Lipinski definition) is 15. The van der Waals surface area contributed by atoms with Crippen LogP contribution < -0.4 is 0 Å². The Kier molecular flexibility index (Phi) is 18.1. The summed E-state index contributed by atoms with van der Waals surface area (Å²) in [4.78, 5) is 0. The molecule has 23 heteroatoms. The van der Waals surface area contributed by atoms with E-state index in [2.05, 4.69) is 26.8 Å². The van der Waals surface area contributed by atoms with E-state index in [0.29, 0.717) is 44.9 Å². The minimum Gasteiger partial charge on any atom is -0.394 e. The Morgan fingerprint density at radius 3 is 1.87 bits per heavy atom. The van der Waals surface area contributed by atoms with E-state index in [1.54, 1.807) is 0 Å². The summed E-state index contributed by atoms with van der Waals surface area (Å²) < 4.78 is 48.5. The van der Waals surface area contributed by atoms with Crippen molar-refractivity contribution < 1.29 is 114 Å². The molecule has 4 heterocycles. The van der Waals surface area contributed by atoms with Crippen molar-refractivity contribution in [3.63, 3.8) is 0 Å². The molecule has 29 atom stereocenters. The molecule has 0 radical (unpaired) electrons. The van der Waals surface area contributed by atoms with E-state index in [-0.39, 0.29) is 18.4 Å². The van der Waals surface area contributed by atoms with E-state index in [9.17, 15) is 76.6 Å². The van der Waals surface area contributed by atoms with Gasteiger partial charge in [-0.1, -0.05) is 57.9 Å². The Morgan fingerprint density at radius 1 is 0.658 bits per heavy atom. The monoisotopic (exact) mass is 1090 g/mol. The van der Waals surface area contributed by atoms with Crippen molar-refractivity contribution in [3.05, 3.63) is 23.3 Å². The number of ether oxygens (including phenoxy) is 8. The molecule has 76 heavy (non-hydrogen) atoms. The second-order valence-electron chi connectivity index (χ2n) is 24.9. The first-order valence-electron chi connectivity index (χ1n) is 27.1. The largest absolute Gasteiger partial charge is 0.394 e. The third kappa shape index (κ3) is 10.3. The van der Waals surface area contributed by atoms with Crippen LogP contribution >= 0.6 is 0 Å². The third-order valence-electron chi connectivity index (χ3n) is 19.9. The molecule has 7 fully saturated rings. The van der Waals surface area contributed by atoms with Crippen LogP contribution in [0.15, 0.2) is 23.3 Å². The fourth-order valence-corrected chi connectivity index (χ4v) is 15.2. The molecule has 3 saturated carbocycles. The Bertz CT molecular complexity index is 2040. The highest BCUT2D eigenvalue weighted by atomic mass is 16.8. The molecule has 0 unspecified atom stereocenters. The zero-order valence-corrected chi connectivity index (χ0v) is 44.8. The van der Waals surface area contributed by atoms with Crippen molar-refractivity contribution in [3.8, 4) is 0 Å². The average molecular weight is 1090 g/mol. The van der Waals surface area contributed by atoms with Crippen LogP contribution in [0, 0.1) is 39.4 Å². The molecule has 0 aromatic carbocycles. The lowest BCUT2D eigenvalue weighted by atomic mass is 9.37. The maximum absolute atomic E-state index is 12.8. The van der Waals surface area contributed by atoms with E-state index in [1.807, 2.05) is 40.7 Å². The van der Waals surface area contributed by atoms with Crippen LogP contribution in [0.5, 0.6) is 0 Å². The van der Waals surface area contributed by atoms with E-state index in [0.717, 1.165) is 11.1 Å². The smallest absolute Gasteiger partial charge is 0.187 e. The highest BCUT2D eigenvalue weighted by Crippen LogP contribution is 2.75. The summed E-state index contributed by atoms with van der Waals surface area (Å²) in [6, 6.07) is 0. The van der Waals surface area contributed by atoms with Gasteiger partial charge in [0.25, 0.3) is 0 Å². The normalized spacial score (nSPS) is 52.1. The van der Waals surface area contributed by atoms with Gasteiger partial charge in [-0.25, -0.2) is 0 Å². The molecule has 0 aromatic rings. The quantitative estimate of drug-likeness (QED) is 0.0744. The Hall–Kier alpha value is -1.44. The molecule has 0 bridgehead atoms. The van der Waals surface area contributed by atoms with Gasteiger partial charge in [-0.05, 0) is 94.3 Å². The minimum absolute atomic E-state index is 0.288. The van der Waals surface area contributed by atoms with Crippen molar-refractivity contribution in [1.82, 2.24) is 0 Å². The van der Waals surface area contributed by atoms with Crippen molar-refractivity contribution in [1.29, 1.82) is 0 Å². The minimum atomic E-state index is -1.85. The van der Waals surface area contributed by atoms with Crippen LogP contribution in [0.25, 0.3) is 0 Å². The number of aliphatic hydroxyl groups is 15. The topological polar surface area (TPSA) is 377 Å². The fraction of sp³-hybridized carbons (Fsp3) is 0.925. The molecule has 4 aliphatic heterocycles. The van der Waals surface area contributed by atoms with E-state index in [1.165, 1.54) is 0 Å². The summed E-state index contributed by atoms with van der Waals surface area (Å²) in [6.45, 7) is 13.9. The second kappa shape index (κ2) is 22.7. The molecular formula is C53H88O23. The van der Waals surface area contributed by atoms with Gasteiger partial charge in [-0.3, -0.25) is 0 Å². The van der Waals surface area contributed by atoms with Crippen LogP contribution in [0.3, 0.4) is 0 Å². The summed E-state index contributed by atoms with van der Waals surface area (Å²) in [6.07, 6.45) is -25.6. The standard InChI is InChI=1S/C53H88O23/c1-22(2)10-9-13-52(7,76-47-43(68)39(64)37(62)28(73-47)21-70-45-41(66)34(59)25(57)20-69-45)23-11-15-51(6)33(23)24(56)16-30-50(5)14-12-32(49(3,4)29(50)17-31(58)53(30,51)8)74-48-44(40(65)36(61)27(19-55)72-48)75-46-42(67)38(63)35(60)26(18-54)71-46/h10,17,23-28,30-48,54-68H,9,11-16,18-21H2,1-8H3/t23-,24+,25+,26+,27+,28+,30+,31-,32-,33-,34-,35+,36+,37+,38-,39-,40-,41+,42+,43+,44+,45-,46-,47-,48-,50-,51+,52-,53-/m0/s1. The first-order chi connectivity index (χ1) is 35.5. The van der Waals surface area contributed by atoms with Crippen molar-refractivity contribution in [2.24, 2.45) is 39.4 Å². The average Bonchev–Trinajstić information content (AvgIpc) is 3.85. The number of allylic oxidation sites excluding steroid dienone is 2. The number of rotatable bonds is 15. The van der Waals surface area contributed by atoms with Crippen LogP contribution in [-0.2, 0) is 37.9 Å². The molecule has 0 spiro atoms. The van der Waals surface area contributed by atoms with Crippen LogP contribution in [0.2, 0.25) is 0 Å². The van der Waals surface area contributed by atoms with Gasteiger partial charge in [0.05, 0.1) is 50.3 Å². The molecule has 4 saturated heterocycles. The molecule has 23 nitrogen and oxygen atoms in total. The van der Waals surface area contributed by atoms with E-state index < -0.39 is 188 Å². The fourth-order valence-electron chi connectivity index (χ4n) is 15.2. The predicted molar refractivity (Wildman–Crippen MR) is 262 cm³/mol. The first kappa shape index (κ1) is 60.7. The molecule has 4 aliphatic carbocycles. The van der Waals surface area contributed by atoms with E-state index >= 15 is 0 Å². The van der Waals surface area contributed by atoms with Gasteiger partial charge >= 0.3 is 0 Å². The third-order valence-corrected chi connectivity index (χ3v) is 19.9. The maximum atomic E-state index is 12.8. The Morgan fingerprint density at radius 2 is 1.24 bits per heavy atom. The Labute approximate surface area is 443 Å². The maximum Gasteiger partial charge on any atom is 0.187 e. The lowest BCUT2D eigenvalue weighted by Gasteiger charge is -2.69. The summed E-state index contributed by atoms with van der Waals surface area (Å²) >= 11 is 0. The van der Waals surface area contributed by atoms with Gasteiger partial charge in [-0.15, -0.1) is 0 Å². The van der Waals surface area contributed by atoms with Gasteiger partial charge in [0.15, 0.2) is 25.2 Å². The number of aliphatic hydroxyl groups excluding tert-OH is 15. The molecule has 15 N–H and O–H groups in total. The summed E-state index contributed by atoms with van der Waals surface area (Å²) in [5.74, 6) is -1.14. The zero-order valence-electron chi connectivity index (χ0n) is 44.8. The molecule has 8 aliphatic rings. The predicted octanol–water partition coefficient (Wildman–Crippen LogP) is -2.67. The van der Waals surface area contributed by atoms with Crippen molar-refractivity contribution in [2.75, 3.05) is 26.4 Å². The van der Waals surface area contributed by atoms with Crippen molar-refractivity contribution >= 4 is 0 Å². The highest BCUT2D eigenvalue weighted by Gasteiger charge is 2.73. The summed E-state index contributed by atoms with van der Waals surface area (Å²) in [5, 5.41) is 164. The van der Waals surface area contributed by atoms with Gasteiger partial charge in [0.2, 0.25) is 0 Å². The SMILES string of the molecule is CC(C)=CCC[C@](C)(O[C@@H]1O[C@H](CO[C@@H]2OC[C@@H](O)[C@H](O)[C@H]2O)[C@@H](O)[C@H](O)[C@H]1O)[C@H]1CC[C@]2(C)[C@@H]1[C@H](O)C[C@H]1[C@@]2(C)[C@@H](O)C=C2C(C)(C)[C@@H](O[C@@H]3O[C@H](CO)[C@@H](O)[C@H](O)[C@H]3O[C@@H]3O[C@H](CO)[C@@H](O)[C@H](O)[C@H]3O)CC[C@@]21C. The summed E-state index contributed by atoms with van der Waals surface area (Å²) in [5.41, 5.74) is -2.28. The number of fused-ring (bicyclic) bond motifs is 5. The zero-order chi connectivity index (χ0) is 55.9. The molecule has 438 valence electrons. The molecule has 0 amide bonds. The van der Waals surface area contributed by atoms with Crippen molar-refractivity contribution in [2.45, 2.75) is 241 Å². The lowest BCUT2D eigenvalue weighted by molar-refractivity contribution is -0.375. The van der Waals surface area contributed by atoms with Crippen LogP contribution in [0.1, 0.15) is 100 Å². The second-order valence-corrected chi connectivity index (χ2v) is 24.9. The van der Waals surface area contributed by atoms with E-state index in [4.69, 9.17) is 37.9 Å². The van der Waals surface area contributed by atoms with Gasteiger partial charge < -0.3 is 114 Å². The van der Waals surface area contributed by atoms with Crippen LogP contribution in [0.4, 0.5) is 0 Å². The van der Waals surface area contributed by atoms with Crippen LogP contribution in [-0.4, -0.2) is 244 Å². The first-order valence-corrected chi connectivity index (χ1v) is 27.1. The lowest BCUT2D eigenvalue weighted by Crippen LogP contribution is -2.68. The Balaban J connectivity index is 1.05.